The van der Waals surface area contributed by atoms with Gasteiger partial charge in [0.15, 0.2) is 0 Å². The summed E-state index contributed by atoms with van der Waals surface area (Å²) < 4.78 is 5.97. The minimum atomic E-state index is 0.591. The van der Waals surface area contributed by atoms with E-state index in [9.17, 15) is 0 Å². The molecule has 0 unspecified atom stereocenters. The molecule has 0 N–H and O–H groups in total. The van der Waals surface area contributed by atoms with Crippen molar-refractivity contribution in [3.8, 4) is 11.6 Å². The molecule has 3 nitrogen and oxygen atoms in total. The lowest BCUT2D eigenvalue weighted by Gasteiger charge is -2.12. The molecule has 0 bridgehead atoms. The van der Waals surface area contributed by atoms with E-state index in [0.717, 1.165) is 23.1 Å². The van der Waals surface area contributed by atoms with Crippen molar-refractivity contribution in [2.45, 2.75) is 25.7 Å². The summed E-state index contributed by atoms with van der Waals surface area (Å²) in [6.45, 7) is 0. The second kappa shape index (κ2) is 5.28. The van der Waals surface area contributed by atoms with Crippen LogP contribution in [0.25, 0.3) is 10.2 Å². The molecule has 4 rings (SSSR count). The van der Waals surface area contributed by atoms with Gasteiger partial charge in [-0.3, -0.25) is 0 Å². The van der Waals surface area contributed by atoms with Gasteiger partial charge < -0.3 is 4.74 Å². The van der Waals surface area contributed by atoms with Gasteiger partial charge in [-0.15, -0.1) is 11.3 Å². The number of hydrogen-bond acceptors (Lipinski definition) is 4. The number of ether oxygens (including phenoxy) is 1. The first kappa shape index (κ1) is 13.0. The Morgan fingerprint density at radius 1 is 1.10 bits per heavy atom. The van der Waals surface area contributed by atoms with Crippen LogP contribution in [0.15, 0.2) is 30.6 Å². The number of benzene rings is 1. The minimum Gasteiger partial charge on any atom is -0.437 e. The van der Waals surface area contributed by atoms with Gasteiger partial charge in [-0.2, -0.15) is 0 Å². The fraction of sp³-hybridized carbons (Fsp3) is 0.250. The first-order valence-corrected chi connectivity index (χ1v) is 8.20. The molecule has 0 amide bonds. The summed E-state index contributed by atoms with van der Waals surface area (Å²) in [4.78, 5) is 11.2. The highest BCUT2D eigenvalue weighted by molar-refractivity contribution is 7.18. The van der Waals surface area contributed by atoms with E-state index in [0.29, 0.717) is 16.7 Å². The predicted molar refractivity (Wildman–Crippen MR) is 85.6 cm³/mol. The van der Waals surface area contributed by atoms with E-state index in [-0.39, 0.29) is 0 Å². The second-order valence-electron chi connectivity index (χ2n) is 5.10. The van der Waals surface area contributed by atoms with Crippen LogP contribution in [-0.4, -0.2) is 9.97 Å². The third-order valence-corrected chi connectivity index (χ3v) is 5.27. The minimum absolute atomic E-state index is 0.591. The van der Waals surface area contributed by atoms with Crippen LogP contribution in [0.3, 0.4) is 0 Å². The van der Waals surface area contributed by atoms with Crippen LogP contribution in [0.4, 0.5) is 0 Å². The Hall–Kier alpha value is -1.65. The second-order valence-corrected chi connectivity index (χ2v) is 6.59. The molecule has 2 aromatic heterocycles. The molecule has 0 aliphatic heterocycles. The first-order valence-electron chi connectivity index (χ1n) is 7.00. The van der Waals surface area contributed by atoms with Crippen LogP contribution < -0.4 is 4.74 Å². The Bertz CT molecular complexity index is 815. The number of halogens is 1. The Kier molecular flexibility index (Phi) is 3.28. The van der Waals surface area contributed by atoms with Crippen molar-refractivity contribution in [1.82, 2.24) is 9.97 Å². The van der Waals surface area contributed by atoms with Crippen molar-refractivity contribution in [1.29, 1.82) is 0 Å². The molecule has 0 radical (unpaired) electrons. The number of aryl methyl sites for hydroxylation is 2. The molecule has 1 aliphatic carbocycles. The SMILES string of the molecule is Clc1ccccc1Oc1ncnc2sc3c(c12)CCCC3. The molecule has 106 valence electrons. The average Bonchev–Trinajstić information content (AvgIpc) is 2.89. The maximum Gasteiger partial charge on any atom is 0.231 e. The molecule has 1 aromatic carbocycles. The van der Waals surface area contributed by atoms with Crippen molar-refractivity contribution in [2.24, 2.45) is 0 Å². The van der Waals surface area contributed by atoms with Crippen LogP contribution >= 0.6 is 22.9 Å². The highest BCUT2D eigenvalue weighted by atomic mass is 35.5. The molecular formula is C16H13ClN2OS. The van der Waals surface area contributed by atoms with E-state index in [2.05, 4.69) is 9.97 Å². The smallest absolute Gasteiger partial charge is 0.231 e. The lowest BCUT2D eigenvalue weighted by atomic mass is 9.97. The largest absolute Gasteiger partial charge is 0.437 e. The average molecular weight is 317 g/mol. The fourth-order valence-corrected chi connectivity index (χ4v) is 4.16. The molecule has 0 saturated carbocycles. The van der Waals surface area contributed by atoms with Crippen LogP contribution in [-0.2, 0) is 12.8 Å². The van der Waals surface area contributed by atoms with E-state index >= 15 is 0 Å². The number of aromatic nitrogens is 2. The Morgan fingerprint density at radius 2 is 1.95 bits per heavy atom. The third kappa shape index (κ3) is 2.28. The van der Waals surface area contributed by atoms with E-state index in [1.54, 1.807) is 17.7 Å². The zero-order chi connectivity index (χ0) is 14.2. The zero-order valence-corrected chi connectivity index (χ0v) is 12.9. The summed E-state index contributed by atoms with van der Waals surface area (Å²) in [7, 11) is 0. The van der Waals surface area contributed by atoms with Gasteiger partial charge in [-0.05, 0) is 43.4 Å². The van der Waals surface area contributed by atoms with Crippen LogP contribution in [0.2, 0.25) is 5.02 Å². The van der Waals surface area contributed by atoms with Crippen molar-refractivity contribution in [2.75, 3.05) is 0 Å². The molecule has 0 fully saturated rings. The van der Waals surface area contributed by atoms with Crippen molar-refractivity contribution < 1.29 is 4.74 Å². The summed E-state index contributed by atoms with van der Waals surface area (Å²) in [6, 6.07) is 7.47. The molecule has 3 aromatic rings. The molecule has 1 aliphatic rings. The lowest BCUT2D eigenvalue weighted by Crippen LogP contribution is -1.99. The lowest BCUT2D eigenvalue weighted by molar-refractivity contribution is 0.468. The topological polar surface area (TPSA) is 35.0 Å². The Balaban J connectivity index is 1.85. The summed E-state index contributed by atoms with van der Waals surface area (Å²) in [6.07, 6.45) is 6.27. The third-order valence-electron chi connectivity index (χ3n) is 3.76. The molecule has 5 heteroatoms. The molecular weight excluding hydrogens is 304 g/mol. The van der Waals surface area contributed by atoms with Gasteiger partial charge in [-0.1, -0.05) is 23.7 Å². The maximum absolute atomic E-state index is 6.18. The standard InChI is InChI=1S/C16H13ClN2OS/c17-11-6-2-3-7-12(11)20-15-14-10-5-1-4-8-13(10)21-16(14)19-9-18-15/h2-3,6-7,9H,1,4-5,8H2. The summed E-state index contributed by atoms with van der Waals surface area (Å²) in [5.41, 5.74) is 1.36. The highest BCUT2D eigenvalue weighted by Crippen LogP contribution is 2.40. The van der Waals surface area contributed by atoms with Gasteiger partial charge in [0.05, 0.1) is 10.4 Å². The number of thiophene rings is 1. The first-order chi connectivity index (χ1) is 10.3. The molecule has 0 atom stereocenters. The number of hydrogen-bond donors (Lipinski definition) is 0. The van der Waals surface area contributed by atoms with Gasteiger partial charge in [-0.25, -0.2) is 9.97 Å². The number of nitrogens with zero attached hydrogens (tertiary/aromatic N) is 2. The van der Waals surface area contributed by atoms with E-state index < -0.39 is 0 Å². The van der Waals surface area contributed by atoms with E-state index in [1.807, 2.05) is 24.3 Å². The fourth-order valence-electron chi connectivity index (χ4n) is 2.77. The number of fused-ring (bicyclic) bond motifs is 3. The van der Waals surface area contributed by atoms with Gasteiger partial charge in [0, 0.05) is 4.88 Å². The summed E-state index contributed by atoms with van der Waals surface area (Å²) in [5, 5.41) is 1.66. The van der Waals surface area contributed by atoms with Crippen LogP contribution in [0, 0.1) is 0 Å². The van der Waals surface area contributed by atoms with Crippen molar-refractivity contribution in [3.63, 3.8) is 0 Å². The quantitative estimate of drug-likeness (QED) is 0.666. The summed E-state index contributed by atoms with van der Waals surface area (Å²) >= 11 is 7.94. The summed E-state index contributed by atoms with van der Waals surface area (Å²) in [5.74, 6) is 1.25. The van der Waals surface area contributed by atoms with E-state index in [4.69, 9.17) is 16.3 Å². The molecule has 0 spiro atoms. The van der Waals surface area contributed by atoms with Crippen molar-refractivity contribution in [3.05, 3.63) is 46.1 Å². The van der Waals surface area contributed by atoms with E-state index in [1.165, 1.54) is 23.3 Å². The maximum atomic E-state index is 6.18. The number of rotatable bonds is 2. The molecule has 21 heavy (non-hydrogen) atoms. The van der Waals surface area contributed by atoms with Gasteiger partial charge in [0.1, 0.15) is 16.9 Å². The van der Waals surface area contributed by atoms with Crippen molar-refractivity contribution >= 4 is 33.2 Å². The molecule has 0 saturated heterocycles. The Labute approximate surface area is 131 Å². The van der Waals surface area contributed by atoms with Gasteiger partial charge in [0.25, 0.3) is 0 Å². The number of para-hydroxylation sites is 1. The zero-order valence-electron chi connectivity index (χ0n) is 11.3. The normalized spacial score (nSPS) is 14.1. The Morgan fingerprint density at radius 3 is 2.86 bits per heavy atom. The van der Waals surface area contributed by atoms with Gasteiger partial charge >= 0.3 is 0 Å². The van der Waals surface area contributed by atoms with Crippen LogP contribution in [0.5, 0.6) is 11.6 Å². The molecule has 2 heterocycles. The monoisotopic (exact) mass is 316 g/mol. The van der Waals surface area contributed by atoms with Crippen LogP contribution in [0.1, 0.15) is 23.3 Å². The van der Waals surface area contributed by atoms with Gasteiger partial charge in [0.2, 0.25) is 5.88 Å². The predicted octanol–water partition coefficient (Wildman–Crippen LogP) is 5.02. The highest BCUT2D eigenvalue weighted by Gasteiger charge is 2.21.